The van der Waals surface area contributed by atoms with Crippen LogP contribution in [-0.4, -0.2) is 39.2 Å². The molecule has 1 aliphatic carbocycles. The average molecular weight is 370 g/mol. The van der Waals surface area contributed by atoms with Crippen molar-refractivity contribution in [3.05, 3.63) is 41.5 Å². The minimum absolute atomic E-state index is 0.141. The second kappa shape index (κ2) is 8.12. The van der Waals surface area contributed by atoms with Gasteiger partial charge in [0.1, 0.15) is 0 Å². The topological polar surface area (TPSA) is 71.1 Å². The van der Waals surface area contributed by atoms with Crippen molar-refractivity contribution in [2.24, 2.45) is 0 Å². The fourth-order valence-electron chi connectivity index (χ4n) is 3.27. The number of Topliss-reactive ketones (excluding diaryl/α,β-unsaturated/α-hetero) is 1. The Kier molecular flexibility index (Phi) is 5.64. The lowest BCUT2D eigenvalue weighted by Crippen LogP contribution is -2.14. The van der Waals surface area contributed by atoms with Crippen molar-refractivity contribution < 1.29 is 28.5 Å². The summed E-state index contributed by atoms with van der Waals surface area (Å²) in [5, 5.41) is 0. The smallest absolute Gasteiger partial charge is 0.343 e. The lowest BCUT2D eigenvalue weighted by molar-refractivity contribution is -0.142. The van der Waals surface area contributed by atoms with E-state index in [0.29, 0.717) is 36.7 Å². The second-order valence-electron chi connectivity index (χ2n) is 6.03. The normalized spacial score (nSPS) is 12.5. The Morgan fingerprint density at radius 1 is 0.963 bits per heavy atom. The van der Waals surface area contributed by atoms with Crippen LogP contribution in [0.2, 0.25) is 0 Å². The Morgan fingerprint density at radius 2 is 1.74 bits per heavy atom. The van der Waals surface area contributed by atoms with Gasteiger partial charge in [-0.2, -0.15) is 0 Å². The van der Waals surface area contributed by atoms with Crippen LogP contribution in [0.15, 0.2) is 30.3 Å². The maximum absolute atomic E-state index is 12.1. The van der Waals surface area contributed by atoms with Crippen LogP contribution < -0.4 is 14.2 Å². The Labute approximate surface area is 158 Å². The molecule has 0 N–H and O–H groups in total. The van der Waals surface area contributed by atoms with E-state index >= 15 is 0 Å². The van der Waals surface area contributed by atoms with Gasteiger partial charge in [0.2, 0.25) is 5.75 Å². The number of ether oxygens (including phenoxy) is 4. The maximum atomic E-state index is 12.1. The molecule has 6 heteroatoms. The summed E-state index contributed by atoms with van der Waals surface area (Å²) in [5.41, 5.74) is 3.36. The molecule has 0 amide bonds. The number of hydrogen-bond donors (Lipinski definition) is 0. The molecule has 3 rings (SSSR count). The minimum atomic E-state index is -0.500. The molecule has 0 saturated carbocycles. The van der Waals surface area contributed by atoms with Gasteiger partial charge < -0.3 is 18.9 Å². The van der Waals surface area contributed by atoms with Gasteiger partial charge in [-0.1, -0.05) is 18.2 Å². The van der Waals surface area contributed by atoms with Crippen LogP contribution in [0.1, 0.15) is 29.3 Å². The van der Waals surface area contributed by atoms with Crippen molar-refractivity contribution in [3.8, 4) is 28.4 Å². The van der Waals surface area contributed by atoms with Crippen molar-refractivity contribution in [1.29, 1.82) is 0 Å². The Balaban J connectivity index is 2.16. The predicted octanol–water partition coefficient (Wildman–Crippen LogP) is 3.44. The van der Waals surface area contributed by atoms with Crippen LogP contribution in [0.5, 0.6) is 17.2 Å². The molecule has 0 unspecified atom stereocenters. The lowest BCUT2D eigenvalue weighted by Gasteiger charge is -2.19. The quantitative estimate of drug-likeness (QED) is 0.696. The molecule has 2 aromatic carbocycles. The zero-order valence-electron chi connectivity index (χ0n) is 15.7. The highest BCUT2D eigenvalue weighted by atomic mass is 16.6. The third-order valence-corrected chi connectivity index (χ3v) is 4.52. The van der Waals surface area contributed by atoms with Gasteiger partial charge in [-0.15, -0.1) is 0 Å². The third kappa shape index (κ3) is 3.60. The first kappa shape index (κ1) is 18.8. The fourth-order valence-corrected chi connectivity index (χ4v) is 3.27. The van der Waals surface area contributed by atoms with Crippen LogP contribution in [0, 0.1) is 0 Å². The molecule has 0 fully saturated rings. The Hall–Kier alpha value is -3.02. The predicted molar refractivity (Wildman–Crippen MR) is 99.8 cm³/mol. The van der Waals surface area contributed by atoms with E-state index in [4.69, 9.17) is 14.2 Å². The summed E-state index contributed by atoms with van der Waals surface area (Å²) in [6.45, 7) is 2.00. The molecule has 6 nitrogen and oxygen atoms in total. The number of ketones is 1. The molecule has 0 saturated heterocycles. The van der Waals surface area contributed by atoms with Gasteiger partial charge in [-0.05, 0) is 36.6 Å². The van der Waals surface area contributed by atoms with Gasteiger partial charge in [-0.25, -0.2) is 4.79 Å². The summed E-state index contributed by atoms with van der Waals surface area (Å²) < 4.78 is 21.6. The third-order valence-electron chi connectivity index (χ3n) is 4.52. The molecule has 0 aliphatic heterocycles. The maximum Gasteiger partial charge on any atom is 0.343 e. The molecule has 0 aromatic heterocycles. The SMILES string of the molecule is CCOc1c(OC)ccc(-c2cccc3c2CCC3=O)c1OCC(=O)OC. The molecule has 2 aromatic rings. The first-order chi connectivity index (χ1) is 13.1. The zero-order valence-corrected chi connectivity index (χ0v) is 15.7. The van der Waals surface area contributed by atoms with Crippen LogP contribution in [0.4, 0.5) is 0 Å². The van der Waals surface area contributed by atoms with E-state index in [1.165, 1.54) is 7.11 Å². The summed E-state index contributed by atoms with van der Waals surface area (Å²) >= 11 is 0. The Morgan fingerprint density at radius 3 is 2.44 bits per heavy atom. The van der Waals surface area contributed by atoms with E-state index < -0.39 is 5.97 Å². The largest absolute Gasteiger partial charge is 0.493 e. The van der Waals surface area contributed by atoms with Gasteiger partial charge in [0.25, 0.3) is 0 Å². The summed E-state index contributed by atoms with van der Waals surface area (Å²) in [4.78, 5) is 23.7. The zero-order chi connectivity index (χ0) is 19.4. The fraction of sp³-hybridized carbons (Fsp3) is 0.333. The molecule has 0 atom stereocenters. The molecule has 1 aliphatic rings. The first-order valence-corrected chi connectivity index (χ1v) is 8.79. The summed E-state index contributed by atoms with van der Waals surface area (Å²) in [5.74, 6) is 0.962. The molecule has 142 valence electrons. The van der Waals surface area contributed by atoms with Gasteiger partial charge in [0.05, 0.1) is 20.8 Å². The first-order valence-electron chi connectivity index (χ1n) is 8.79. The van der Waals surface area contributed by atoms with E-state index in [-0.39, 0.29) is 12.4 Å². The molecule has 0 spiro atoms. The highest BCUT2D eigenvalue weighted by Crippen LogP contribution is 2.46. The minimum Gasteiger partial charge on any atom is -0.493 e. The number of hydrogen-bond acceptors (Lipinski definition) is 6. The van der Waals surface area contributed by atoms with Crippen LogP contribution in [0.3, 0.4) is 0 Å². The molecule has 0 radical (unpaired) electrons. The number of benzene rings is 2. The van der Waals surface area contributed by atoms with E-state index in [2.05, 4.69) is 4.74 Å². The highest BCUT2D eigenvalue weighted by molar-refractivity contribution is 6.02. The lowest BCUT2D eigenvalue weighted by atomic mass is 9.95. The van der Waals surface area contributed by atoms with Crippen molar-refractivity contribution in [2.45, 2.75) is 19.8 Å². The van der Waals surface area contributed by atoms with Crippen LogP contribution in [0.25, 0.3) is 11.1 Å². The van der Waals surface area contributed by atoms with E-state index in [1.54, 1.807) is 13.2 Å². The van der Waals surface area contributed by atoms with Gasteiger partial charge in [0, 0.05) is 17.5 Å². The number of carbonyl (C=O) groups is 2. The second-order valence-corrected chi connectivity index (χ2v) is 6.03. The number of carbonyl (C=O) groups excluding carboxylic acids is 2. The standard InChI is InChI=1S/C21H22O6/c1-4-26-21-18(24-2)11-9-16(20(21)27-12-19(23)25-3)13-6-5-7-15-14(13)8-10-17(15)22/h5-7,9,11H,4,8,10,12H2,1-3H3. The van der Waals surface area contributed by atoms with E-state index in [9.17, 15) is 9.59 Å². The van der Waals surface area contributed by atoms with E-state index in [1.807, 2.05) is 31.2 Å². The van der Waals surface area contributed by atoms with E-state index in [0.717, 1.165) is 22.3 Å². The van der Waals surface area contributed by atoms with Crippen LogP contribution in [-0.2, 0) is 16.0 Å². The van der Waals surface area contributed by atoms with Crippen molar-refractivity contribution >= 4 is 11.8 Å². The van der Waals surface area contributed by atoms with Crippen molar-refractivity contribution in [3.63, 3.8) is 0 Å². The van der Waals surface area contributed by atoms with Crippen molar-refractivity contribution in [1.82, 2.24) is 0 Å². The molecular weight excluding hydrogens is 348 g/mol. The number of esters is 1. The molecular formula is C21H22O6. The summed E-state index contributed by atoms with van der Waals surface area (Å²) in [7, 11) is 2.85. The van der Waals surface area contributed by atoms with Crippen molar-refractivity contribution in [2.75, 3.05) is 27.4 Å². The number of rotatable bonds is 7. The van der Waals surface area contributed by atoms with Gasteiger partial charge in [0.15, 0.2) is 23.9 Å². The number of fused-ring (bicyclic) bond motifs is 1. The molecule has 27 heavy (non-hydrogen) atoms. The van der Waals surface area contributed by atoms with Gasteiger partial charge >= 0.3 is 5.97 Å². The number of methoxy groups -OCH3 is 2. The van der Waals surface area contributed by atoms with Crippen LogP contribution >= 0.6 is 0 Å². The highest BCUT2D eigenvalue weighted by Gasteiger charge is 2.26. The Bertz CT molecular complexity index is 871. The van der Waals surface area contributed by atoms with Gasteiger partial charge in [-0.3, -0.25) is 4.79 Å². The average Bonchev–Trinajstić information content (AvgIpc) is 3.07. The summed E-state index contributed by atoms with van der Waals surface area (Å²) in [6, 6.07) is 9.29. The molecule has 0 heterocycles. The monoisotopic (exact) mass is 370 g/mol. The summed E-state index contributed by atoms with van der Waals surface area (Å²) in [6.07, 6.45) is 1.18. The molecule has 0 bridgehead atoms.